The van der Waals surface area contributed by atoms with Crippen molar-refractivity contribution in [2.24, 2.45) is 0 Å². The van der Waals surface area contributed by atoms with Crippen molar-refractivity contribution in [3.8, 4) is 0 Å². The Bertz CT molecular complexity index is 658. The molecule has 3 N–H and O–H groups in total. The lowest BCUT2D eigenvalue weighted by Crippen LogP contribution is -2.30. The van der Waals surface area contributed by atoms with Crippen LogP contribution in [-0.2, 0) is 4.79 Å². The molecule has 0 atom stereocenters. The van der Waals surface area contributed by atoms with Crippen molar-refractivity contribution in [3.05, 3.63) is 53.8 Å². The van der Waals surface area contributed by atoms with Gasteiger partial charge < -0.3 is 16.0 Å². The Hall–Kier alpha value is -2.56. The van der Waals surface area contributed by atoms with Gasteiger partial charge in [0.1, 0.15) is 5.82 Å². The molecule has 0 aliphatic rings. The number of aryl methyl sites for hydroxylation is 1. The van der Waals surface area contributed by atoms with Crippen LogP contribution >= 0.6 is 0 Å². The molecule has 5 heteroatoms. The van der Waals surface area contributed by atoms with Crippen molar-refractivity contribution < 1.29 is 9.18 Å². The summed E-state index contributed by atoms with van der Waals surface area (Å²) in [5.41, 5.74) is 8.69. The van der Waals surface area contributed by atoms with Crippen molar-refractivity contribution in [2.75, 3.05) is 29.5 Å². The second-order valence-electron chi connectivity index (χ2n) is 4.96. The van der Waals surface area contributed by atoms with Gasteiger partial charge in [-0.05, 0) is 42.8 Å². The highest BCUT2D eigenvalue weighted by Crippen LogP contribution is 2.17. The van der Waals surface area contributed by atoms with Crippen LogP contribution in [0.25, 0.3) is 0 Å². The van der Waals surface area contributed by atoms with Crippen molar-refractivity contribution >= 4 is 23.0 Å². The number of likely N-dealkylation sites (N-methyl/N-ethyl adjacent to an activating group) is 1. The standard InChI is InChI=1S/C16H18FN3O/c1-11-6-7-13(9-15(11)18)19-16(21)10-20(2)14-5-3-4-12(17)8-14/h3-9H,10,18H2,1-2H3,(H,19,21). The minimum Gasteiger partial charge on any atom is -0.398 e. The maximum atomic E-state index is 13.2. The Morgan fingerprint density at radius 1 is 1.29 bits per heavy atom. The van der Waals surface area contributed by atoms with Gasteiger partial charge in [0.05, 0.1) is 6.54 Å². The minimum absolute atomic E-state index is 0.122. The zero-order valence-corrected chi connectivity index (χ0v) is 12.1. The van der Waals surface area contributed by atoms with Crippen molar-refractivity contribution in [1.82, 2.24) is 0 Å². The van der Waals surface area contributed by atoms with Gasteiger partial charge in [-0.25, -0.2) is 4.39 Å². The zero-order chi connectivity index (χ0) is 15.4. The fourth-order valence-electron chi connectivity index (χ4n) is 1.94. The normalized spacial score (nSPS) is 10.2. The fraction of sp³-hybridized carbons (Fsp3) is 0.188. The van der Waals surface area contributed by atoms with E-state index < -0.39 is 0 Å². The van der Waals surface area contributed by atoms with E-state index in [-0.39, 0.29) is 18.3 Å². The van der Waals surface area contributed by atoms with Gasteiger partial charge in [0.15, 0.2) is 0 Å². The molecule has 110 valence electrons. The molecule has 21 heavy (non-hydrogen) atoms. The molecule has 0 aromatic heterocycles. The second kappa shape index (κ2) is 6.26. The smallest absolute Gasteiger partial charge is 0.243 e. The topological polar surface area (TPSA) is 58.4 Å². The van der Waals surface area contributed by atoms with Crippen LogP contribution in [0, 0.1) is 12.7 Å². The predicted octanol–water partition coefficient (Wildman–Crippen LogP) is 2.79. The van der Waals surface area contributed by atoms with Crippen LogP contribution in [0.4, 0.5) is 21.5 Å². The SMILES string of the molecule is Cc1ccc(NC(=O)CN(C)c2cccc(F)c2)cc1N. The number of anilines is 3. The number of carbonyl (C=O) groups excluding carboxylic acids is 1. The molecule has 0 aliphatic carbocycles. The molecule has 0 heterocycles. The van der Waals surface area contributed by atoms with E-state index in [1.807, 2.05) is 13.0 Å². The number of nitrogen functional groups attached to an aromatic ring is 1. The Morgan fingerprint density at radius 2 is 2.05 bits per heavy atom. The first-order valence-electron chi connectivity index (χ1n) is 6.58. The van der Waals surface area contributed by atoms with Crippen LogP contribution in [0.5, 0.6) is 0 Å². The summed E-state index contributed by atoms with van der Waals surface area (Å²) in [6, 6.07) is 11.5. The zero-order valence-electron chi connectivity index (χ0n) is 12.1. The molecule has 0 saturated heterocycles. The molecule has 0 radical (unpaired) electrons. The van der Waals surface area contributed by atoms with Gasteiger partial charge in [-0.3, -0.25) is 4.79 Å². The molecular formula is C16H18FN3O. The van der Waals surface area contributed by atoms with Crippen LogP contribution in [0.15, 0.2) is 42.5 Å². The van der Waals surface area contributed by atoms with Gasteiger partial charge in [0.2, 0.25) is 5.91 Å². The Kier molecular flexibility index (Phi) is 4.42. The van der Waals surface area contributed by atoms with Crippen molar-refractivity contribution in [2.45, 2.75) is 6.92 Å². The van der Waals surface area contributed by atoms with E-state index in [0.29, 0.717) is 17.1 Å². The summed E-state index contributed by atoms with van der Waals surface area (Å²) in [7, 11) is 1.73. The van der Waals surface area contributed by atoms with Crippen LogP contribution in [0.1, 0.15) is 5.56 Å². The van der Waals surface area contributed by atoms with Crippen molar-refractivity contribution in [3.63, 3.8) is 0 Å². The third kappa shape index (κ3) is 3.95. The lowest BCUT2D eigenvalue weighted by atomic mass is 10.2. The van der Waals surface area contributed by atoms with E-state index in [0.717, 1.165) is 5.56 Å². The summed E-state index contributed by atoms with van der Waals surface area (Å²) in [5, 5.41) is 2.77. The average Bonchev–Trinajstić information content (AvgIpc) is 2.43. The molecule has 0 saturated carbocycles. The average molecular weight is 287 g/mol. The largest absolute Gasteiger partial charge is 0.398 e. The summed E-state index contributed by atoms with van der Waals surface area (Å²) in [6.07, 6.45) is 0. The predicted molar refractivity (Wildman–Crippen MR) is 83.9 cm³/mol. The number of halogens is 1. The first-order chi connectivity index (χ1) is 9.95. The number of nitrogens with zero attached hydrogens (tertiary/aromatic N) is 1. The molecular weight excluding hydrogens is 269 g/mol. The highest BCUT2D eigenvalue weighted by molar-refractivity contribution is 5.94. The quantitative estimate of drug-likeness (QED) is 0.850. The number of hydrogen-bond donors (Lipinski definition) is 2. The molecule has 0 bridgehead atoms. The number of hydrogen-bond acceptors (Lipinski definition) is 3. The van der Waals surface area contributed by atoms with Gasteiger partial charge in [-0.2, -0.15) is 0 Å². The summed E-state index contributed by atoms with van der Waals surface area (Å²) in [4.78, 5) is 13.7. The Balaban J connectivity index is 1.99. The van der Waals surface area contributed by atoms with Crippen LogP contribution in [0.2, 0.25) is 0 Å². The van der Waals surface area contributed by atoms with E-state index in [4.69, 9.17) is 5.73 Å². The molecule has 2 aromatic carbocycles. The molecule has 0 aliphatic heterocycles. The molecule has 0 unspecified atom stereocenters. The number of benzene rings is 2. The third-order valence-corrected chi connectivity index (χ3v) is 3.19. The molecule has 4 nitrogen and oxygen atoms in total. The number of rotatable bonds is 4. The number of amides is 1. The maximum Gasteiger partial charge on any atom is 0.243 e. The second-order valence-corrected chi connectivity index (χ2v) is 4.96. The van der Waals surface area contributed by atoms with Gasteiger partial charge in [-0.15, -0.1) is 0 Å². The van der Waals surface area contributed by atoms with Crippen LogP contribution in [0.3, 0.4) is 0 Å². The highest BCUT2D eigenvalue weighted by atomic mass is 19.1. The number of nitrogens with one attached hydrogen (secondary N) is 1. The summed E-state index contributed by atoms with van der Waals surface area (Å²) >= 11 is 0. The minimum atomic E-state index is -0.328. The van der Waals surface area contributed by atoms with Gasteiger partial charge in [-0.1, -0.05) is 12.1 Å². The Morgan fingerprint density at radius 3 is 2.71 bits per heavy atom. The van der Waals surface area contributed by atoms with Gasteiger partial charge in [0, 0.05) is 24.1 Å². The lowest BCUT2D eigenvalue weighted by Gasteiger charge is -2.19. The van der Waals surface area contributed by atoms with E-state index in [1.54, 1.807) is 36.2 Å². The maximum absolute atomic E-state index is 13.2. The van der Waals surface area contributed by atoms with E-state index in [9.17, 15) is 9.18 Å². The molecule has 2 aromatic rings. The van der Waals surface area contributed by atoms with Gasteiger partial charge >= 0.3 is 0 Å². The molecule has 0 fully saturated rings. The van der Waals surface area contributed by atoms with E-state index in [1.165, 1.54) is 12.1 Å². The number of nitrogens with two attached hydrogens (primary N) is 1. The number of carbonyl (C=O) groups is 1. The lowest BCUT2D eigenvalue weighted by molar-refractivity contribution is -0.114. The molecule has 0 spiro atoms. The fourth-order valence-corrected chi connectivity index (χ4v) is 1.94. The highest BCUT2D eigenvalue weighted by Gasteiger charge is 2.09. The summed E-state index contributed by atoms with van der Waals surface area (Å²) < 4.78 is 13.2. The third-order valence-electron chi connectivity index (χ3n) is 3.19. The molecule has 1 amide bonds. The van der Waals surface area contributed by atoms with E-state index in [2.05, 4.69) is 5.32 Å². The first kappa shape index (κ1) is 14.8. The van der Waals surface area contributed by atoms with Crippen LogP contribution in [-0.4, -0.2) is 19.5 Å². The Labute approximate surface area is 123 Å². The monoisotopic (exact) mass is 287 g/mol. The van der Waals surface area contributed by atoms with Crippen LogP contribution < -0.4 is 16.0 Å². The molecule has 2 rings (SSSR count). The van der Waals surface area contributed by atoms with Crippen molar-refractivity contribution in [1.29, 1.82) is 0 Å². The van der Waals surface area contributed by atoms with Gasteiger partial charge in [0.25, 0.3) is 0 Å². The van der Waals surface area contributed by atoms with E-state index >= 15 is 0 Å². The summed E-state index contributed by atoms with van der Waals surface area (Å²) in [6.45, 7) is 2.02. The summed E-state index contributed by atoms with van der Waals surface area (Å²) in [5.74, 6) is -0.518. The first-order valence-corrected chi connectivity index (χ1v) is 6.58.